The minimum atomic E-state index is -0.0236. The molecule has 0 amide bonds. The third-order valence-corrected chi connectivity index (χ3v) is 5.60. The summed E-state index contributed by atoms with van der Waals surface area (Å²) in [5.74, 6) is 0.415. The number of carbonyl (C=O) groups excluding carboxylic acids is 1. The molecule has 1 aromatic carbocycles. The summed E-state index contributed by atoms with van der Waals surface area (Å²) in [5, 5.41) is 1.90. The fourth-order valence-electron chi connectivity index (χ4n) is 3.20. The van der Waals surface area contributed by atoms with Crippen LogP contribution in [0, 0.1) is 0 Å². The van der Waals surface area contributed by atoms with E-state index in [4.69, 9.17) is 4.74 Å². The highest BCUT2D eigenvalue weighted by Gasteiger charge is 2.16. The van der Waals surface area contributed by atoms with Gasteiger partial charge in [0.25, 0.3) is 0 Å². The maximum Gasteiger partial charge on any atom is 0.224 e. The summed E-state index contributed by atoms with van der Waals surface area (Å²) in [6, 6.07) is 17.8. The number of ketones is 1. The Morgan fingerprint density at radius 3 is 2.62 bits per heavy atom. The van der Waals surface area contributed by atoms with Crippen LogP contribution in [0.4, 0.5) is 0 Å². The summed E-state index contributed by atoms with van der Waals surface area (Å²) in [4.78, 5) is 19.9. The molecule has 29 heavy (non-hydrogen) atoms. The number of rotatable bonds is 12. The van der Waals surface area contributed by atoms with Crippen molar-refractivity contribution in [3.8, 4) is 5.88 Å². The van der Waals surface area contributed by atoms with E-state index in [1.54, 1.807) is 18.3 Å². The van der Waals surface area contributed by atoms with E-state index in [1.807, 2.05) is 17.5 Å². The van der Waals surface area contributed by atoms with Gasteiger partial charge in [0.15, 0.2) is 0 Å². The molecule has 3 rings (SSSR count). The topological polar surface area (TPSA) is 42.4 Å². The van der Waals surface area contributed by atoms with Gasteiger partial charge in [0.05, 0.1) is 17.0 Å². The third kappa shape index (κ3) is 6.80. The maximum absolute atomic E-state index is 12.6. The molecule has 0 spiro atoms. The SMILES string of the molecule is CN(CCCCCCOc1ncccc1C(=O)c1cccs1)Cc1ccccc1. The second-order valence-corrected chi connectivity index (χ2v) is 8.10. The maximum atomic E-state index is 12.6. The van der Waals surface area contributed by atoms with E-state index >= 15 is 0 Å². The van der Waals surface area contributed by atoms with E-state index in [1.165, 1.54) is 29.7 Å². The van der Waals surface area contributed by atoms with Crippen molar-refractivity contribution in [1.82, 2.24) is 9.88 Å². The van der Waals surface area contributed by atoms with Crippen LogP contribution in [0.15, 0.2) is 66.2 Å². The molecule has 5 heteroatoms. The summed E-state index contributed by atoms with van der Waals surface area (Å²) >= 11 is 1.44. The van der Waals surface area contributed by atoms with E-state index in [0.29, 0.717) is 22.9 Å². The predicted octanol–water partition coefficient (Wildman–Crippen LogP) is 5.45. The lowest BCUT2D eigenvalue weighted by Crippen LogP contribution is -2.19. The normalized spacial score (nSPS) is 11.0. The van der Waals surface area contributed by atoms with Gasteiger partial charge in [-0.3, -0.25) is 4.79 Å². The quantitative estimate of drug-likeness (QED) is 0.295. The zero-order valence-electron chi connectivity index (χ0n) is 16.9. The number of pyridine rings is 1. The number of nitrogens with zero attached hydrogens (tertiary/aromatic N) is 2. The Hall–Kier alpha value is -2.50. The lowest BCUT2D eigenvalue weighted by molar-refractivity contribution is 0.103. The fraction of sp³-hybridized carbons (Fsp3) is 0.333. The number of ether oxygens (including phenoxy) is 1. The van der Waals surface area contributed by atoms with E-state index in [-0.39, 0.29) is 5.78 Å². The first-order chi connectivity index (χ1) is 14.2. The highest BCUT2D eigenvalue weighted by molar-refractivity contribution is 7.12. The summed E-state index contributed by atoms with van der Waals surface area (Å²) in [6.45, 7) is 2.67. The number of hydrogen-bond donors (Lipinski definition) is 0. The smallest absolute Gasteiger partial charge is 0.224 e. The Balaban J connectivity index is 1.33. The second kappa shape index (κ2) is 11.5. The van der Waals surface area contributed by atoms with Crippen molar-refractivity contribution < 1.29 is 9.53 Å². The van der Waals surface area contributed by atoms with Gasteiger partial charge in [-0.2, -0.15) is 0 Å². The van der Waals surface area contributed by atoms with Crippen LogP contribution in [0.2, 0.25) is 0 Å². The summed E-state index contributed by atoms with van der Waals surface area (Å²) in [7, 11) is 2.17. The van der Waals surface area contributed by atoms with Gasteiger partial charge in [-0.25, -0.2) is 4.98 Å². The Bertz CT molecular complexity index is 866. The van der Waals surface area contributed by atoms with Crippen LogP contribution in [-0.4, -0.2) is 35.9 Å². The number of hydrogen-bond acceptors (Lipinski definition) is 5. The monoisotopic (exact) mass is 408 g/mol. The zero-order chi connectivity index (χ0) is 20.3. The van der Waals surface area contributed by atoms with Gasteiger partial charge < -0.3 is 9.64 Å². The van der Waals surface area contributed by atoms with Gasteiger partial charge in [0.1, 0.15) is 0 Å². The van der Waals surface area contributed by atoms with Gasteiger partial charge in [-0.15, -0.1) is 11.3 Å². The molecule has 2 aromatic heterocycles. The van der Waals surface area contributed by atoms with Crippen LogP contribution >= 0.6 is 11.3 Å². The molecule has 0 unspecified atom stereocenters. The molecule has 0 aliphatic heterocycles. The van der Waals surface area contributed by atoms with Crippen molar-refractivity contribution in [3.63, 3.8) is 0 Å². The van der Waals surface area contributed by atoms with Crippen LogP contribution in [0.3, 0.4) is 0 Å². The highest BCUT2D eigenvalue weighted by atomic mass is 32.1. The van der Waals surface area contributed by atoms with Crippen molar-refractivity contribution in [3.05, 3.63) is 82.2 Å². The Labute approximate surface area is 177 Å². The molecule has 0 aliphatic carbocycles. The third-order valence-electron chi connectivity index (χ3n) is 4.73. The van der Waals surface area contributed by atoms with Crippen LogP contribution in [-0.2, 0) is 6.54 Å². The van der Waals surface area contributed by atoms with Crippen LogP contribution in [0.1, 0.15) is 46.5 Å². The van der Waals surface area contributed by atoms with E-state index in [2.05, 4.69) is 47.3 Å². The molecule has 0 atom stereocenters. The van der Waals surface area contributed by atoms with Crippen molar-refractivity contribution >= 4 is 17.1 Å². The van der Waals surface area contributed by atoms with Crippen molar-refractivity contribution in [2.24, 2.45) is 0 Å². The summed E-state index contributed by atoms with van der Waals surface area (Å²) < 4.78 is 5.83. The van der Waals surface area contributed by atoms with Gasteiger partial charge in [-0.1, -0.05) is 49.2 Å². The van der Waals surface area contributed by atoms with Gasteiger partial charge in [0.2, 0.25) is 11.7 Å². The number of thiophene rings is 1. The fourth-order valence-corrected chi connectivity index (χ4v) is 3.88. The number of unbranched alkanes of at least 4 members (excludes halogenated alkanes) is 3. The molecular weight excluding hydrogens is 380 g/mol. The van der Waals surface area contributed by atoms with Crippen molar-refractivity contribution in [2.45, 2.75) is 32.2 Å². The van der Waals surface area contributed by atoms with Gasteiger partial charge >= 0.3 is 0 Å². The van der Waals surface area contributed by atoms with E-state index in [9.17, 15) is 4.79 Å². The molecule has 0 N–H and O–H groups in total. The number of carbonyl (C=O) groups is 1. The van der Waals surface area contributed by atoms with Crippen LogP contribution < -0.4 is 4.74 Å². The average molecular weight is 409 g/mol. The molecule has 0 saturated heterocycles. The Morgan fingerprint density at radius 2 is 1.83 bits per heavy atom. The molecule has 0 bridgehead atoms. The van der Waals surface area contributed by atoms with Gasteiger partial charge in [0, 0.05) is 12.7 Å². The highest BCUT2D eigenvalue weighted by Crippen LogP contribution is 2.21. The molecule has 2 heterocycles. The summed E-state index contributed by atoms with van der Waals surface area (Å²) in [5.41, 5.74) is 1.89. The second-order valence-electron chi connectivity index (χ2n) is 7.15. The molecule has 0 saturated carbocycles. The minimum Gasteiger partial charge on any atom is -0.477 e. The van der Waals surface area contributed by atoms with E-state index in [0.717, 1.165) is 25.9 Å². The van der Waals surface area contributed by atoms with Crippen LogP contribution in [0.5, 0.6) is 5.88 Å². The molecule has 0 aliphatic rings. The standard InChI is InChI=1S/C24H28N2O2S/c1-26(19-20-11-5-4-6-12-20)16-7-2-3-8-17-28-24-21(13-9-15-25-24)23(27)22-14-10-18-29-22/h4-6,9-15,18H,2-3,7-8,16-17,19H2,1H3. The molecule has 0 radical (unpaired) electrons. The number of benzene rings is 1. The minimum absolute atomic E-state index is 0.0236. The zero-order valence-corrected chi connectivity index (χ0v) is 17.7. The first kappa shape index (κ1) is 21.2. The lowest BCUT2D eigenvalue weighted by atomic mass is 10.1. The number of aromatic nitrogens is 1. The Morgan fingerprint density at radius 1 is 1.00 bits per heavy atom. The van der Waals surface area contributed by atoms with Crippen LogP contribution in [0.25, 0.3) is 0 Å². The first-order valence-electron chi connectivity index (χ1n) is 10.1. The largest absolute Gasteiger partial charge is 0.477 e. The Kier molecular flexibility index (Phi) is 8.40. The molecular formula is C24H28N2O2S. The molecule has 0 fully saturated rings. The molecule has 3 aromatic rings. The average Bonchev–Trinajstić information content (AvgIpc) is 3.28. The first-order valence-corrected chi connectivity index (χ1v) is 11.0. The lowest BCUT2D eigenvalue weighted by Gasteiger charge is -2.16. The summed E-state index contributed by atoms with van der Waals surface area (Å²) in [6.07, 6.45) is 6.09. The van der Waals surface area contributed by atoms with Crippen molar-refractivity contribution in [2.75, 3.05) is 20.2 Å². The molecule has 4 nitrogen and oxygen atoms in total. The predicted molar refractivity (Wildman–Crippen MR) is 119 cm³/mol. The van der Waals surface area contributed by atoms with Gasteiger partial charge in [-0.05, 0) is 55.6 Å². The molecule has 152 valence electrons. The van der Waals surface area contributed by atoms with Crippen molar-refractivity contribution in [1.29, 1.82) is 0 Å². The van der Waals surface area contributed by atoms with E-state index < -0.39 is 0 Å².